The van der Waals surface area contributed by atoms with Crippen molar-refractivity contribution < 1.29 is 33.3 Å². The van der Waals surface area contributed by atoms with Crippen molar-refractivity contribution in [3.05, 3.63) is 75.7 Å². The number of hydrogen-bond acceptors (Lipinski definition) is 9. The van der Waals surface area contributed by atoms with E-state index >= 15 is 0 Å². The van der Waals surface area contributed by atoms with Crippen molar-refractivity contribution in [3.63, 3.8) is 0 Å². The molecule has 198 valence electrons. The van der Waals surface area contributed by atoms with Gasteiger partial charge in [-0.25, -0.2) is 9.59 Å². The van der Waals surface area contributed by atoms with Gasteiger partial charge >= 0.3 is 11.9 Å². The van der Waals surface area contributed by atoms with E-state index in [2.05, 4.69) is 22.3 Å². The predicted octanol–water partition coefficient (Wildman–Crippen LogP) is 4.40. The van der Waals surface area contributed by atoms with E-state index in [-0.39, 0.29) is 19.0 Å². The second-order valence-corrected chi connectivity index (χ2v) is 10.1. The summed E-state index contributed by atoms with van der Waals surface area (Å²) in [7, 11) is 0. The van der Waals surface area contributed by atoms with Gasteiger partial charge in [0.2, 0.25) is 6.79 Å². The first-order valence-corrected chi connectivity index (χ1v) is 13.2. The van der Waals surface area contributed by atoms with Crippen LogP contribution in [0.25, 0.3) is 0 Å². The molecule has 0 saturated heterocycles. The van der Waals surface area contributed by atoms with Crippen molar-refractivity contribution in [2.24, 2.45) is 0 Å². The number of amides is 1. The topological polar surface area (TPSA) is 103 Å². The number of benzene rings is 2. The molecule has 0 saturated carbocycles. The summed E-state index contributed by atoms with van der Waals surface area (Å²) in [6, 6.07) is 14.9. The zero-order valence-corrected chi connectivity index (χ0v) is 22.0. The summed E-state index contributed by atoms with van der Waals surface area (Å²) in [6.07, 6.45) is -0.436. The van der Waals surface area contributed by atoms with Gasteiger partial charge in [0.05, 0.1) is 17.7 Å². The Morgan fingerprint density at radius 1 is 1.08 bits per heavy atom. The molecule has 1 atom stereocenters. The second-order valence-electron chi connectivity index (χ2n) is 8.98. The number of rotatable bonds is 8. The molecule has 0 radical (unpaired) electrons. The number of fused-ring (bicyclic) bond motifs is 2. The summed E-state index contributed by atoms with van der Waals surface area (Å²) in [4.78, 5) is 41.9. The van der Waals surface area contributed by atoms with Crippen molar-refractivity contribution in [1.29, 1.82) is 0 Å². The molecule has 38 heavy (non-hydrogen) atoms. The minimum absolute atomic E-state index is 0.0875. The van der Waals surface area contributed by atoms with Crippen molar-refractivity contribution in [1.82, 2.24) is 4.90 Å². The molecule has 2 aliphatic rings. The molecule has 0 aliphatic carbocycles. The smallest absolute Gasteiger partial charge is 0.341 e. The lowest BCUT2D eigenvalue weighted by Gasteiger charge is -2.27. The van der Waals surface area contributed by atoms with E-state index in [0.29, 0.717) is 35.0 Å². The van der Waals surface area contributed by atoms with E-state index in [1.807, 2.05) is 18.2 Å². The summed E-state index contributed by atoms with van der Waals surface area (Å²) in [5.41, 5.74) is 2.74. The highest BCUT2D eigenvalue weighted by Crippen LogP contribution is 2.38. The molecule has 2 aromatic carbocycles. The van der Waals surface area contributed by atoms with Crippen LogP contribution in [0.4, 0.5) is 5.00 Å². The number of thiophene rings is 1. The molecule has 1 amide bonds. The zero-order chi connectivity index (χ0) is 26.6. The number of ether oxygens (including phenoxy) is 4. The third kappa shape index (κ3) is 5.51. The molecule has 1 aromatic heterocycles. The number of nitrogens with zero attached hydrogens (tertiary/aromatic N) is 1. The molecule has 0 unspecified atom stereocenters. The highest BCUT2D eigenvalue weighted by atomic mass is 32.1. The van der Waals surface area contributed by atoms with E-state index in [1.54, 1.807) is 19.1 Å². The van der Waals surface area contributed by atoms with Gasteiger partial charge in [-0.2, -0.15) is 0 Å². The van der Waals surface area contributed by atoms with Gasteiger partial charge in [0.15, 0.2) is 17.6 Å². The Morgan fingerprint density at radius 2 is 1.87 bits per heavy atom. The molecule has 5 rings (SSSR count). The lowest BCUT2D eigenvalue weighted by molar-refractivity contribution is -0.123. The highest BCUT2D eigenvalue weighted by Gasteiger charge is 2.31. The number of esters is 2. The van der Waals surface area contributed by atoms with Crippen LogP contribution >= 0.6 is 11.3 Å². The molecule has 1 N–H and O–H groups in total. The Bertz CT molecular complexity index is 1350. The van der Waals surface area contributed by atoms with Crippen LogP contribution in [-0.2, 0) is 33.8 Å². The van der Waals surface area contributed by atoms with Crippen molar-refractivity contribution in [3.8, 4) is 11.5 Å². The molecular formula is C28H28N2O7S. The van der Waals surface area contributed by atoms with E-state index in [0.717, 1.165) is 23.5 Å². The Balaban J connectivity index is 1.29. The van der Waals surface area contributed by atoms with E-state index in [9.17, 15) is 14.4 Å². The van der Waals surface area contributed by atoms with Gasteiger partial charge in [-0.05, 0) is 49.6 Å². The van der Waals surface area contributed by atoms with Gasteiger partial charge in [0.25, 0.3) is 5.91 Å². The van der Waals surface area contributed by atoms with Crippen LogP contribution in [0, 0.1) is 0 Å². The fraction of sp³-hybridized carbons (Fsp3) is 0.321. The molecule has 10 heteroatoms. The van der Waals surface area contributed by atoms with Crippen LogP contribution in [0.15, 0.2) is 48.5 Å². The molecule has 9 nitrogen and oxygen atoms in total. The van der Waals surface area contributed by atoms with Crippen molar-refractivity contribution in [2.75, 3.05) is 25.3 Å². The zero-order valence-electron chi connectivity index (χ0n) is 21.2. The minimum atomic E-state index is -1.10. The lowest BCUT2D eigenvalue weighted by atomic mass is 10.0. The number of anilines is 1. The summed E-state index contributed by atoms with van der Waals surface area (Å²) in [5, 5.41) is 3.22. The number of hydrogen-bond donors (Lipinski definition) is 1. The molecule has 3 aromatic rings. The highest BCUT2D eigenvalue weighted by molar-refractivity contribution is 7.17. The maximum absolute atomic E-state index is 13.0. The third-order valence-electron chi connectivity index (χ3n) is 6.36. The SMILES string of the molecule is CCOC(=O)c1c(NC(=O)[C@@H](C)OC(=O)c2ccc3c(c2)OCO3)sc2c1CCN(Cc1ccccc1)C2. The van der Waals surface area contributed by atoms with Crippen molar-refractivity contribution in [2.45, 2.75) is 39.5 Å². The Labute approximate surface area is 224 Å². The average Bonchev–Trinajstić information content (AvgIpc) is 3.52. The van der Waals surface area contributed by atoms with Crippen LogP contribution in [-0.4, -0.2) is 48.8 Å². The van der Waals surface area contributed by atoms with Crippen molar-refractivity contribution >= 4 is 34.2 Å². The fourth-order valence-electron chi connectivity index (χ4n) is 4.46. The van der Waals surface area contributed by atoms with Crippen LogP contribution in [0.2, 0.25) is 0 Å². The summed E-state index contributed by atoms with van der Waals surface area (Å²) in [6.45, 7) is 5.77. The number of carbonyl (C=O) groups is 3. The maximum Gasteiger partial charge on any atom is 0.341 e. The molecule has 0 bridgehead atoms. The molecule has 2 aliphatic heterocycles. The van der Waals surface area contributed by atoms with Crippen LogP contribution in [0.1, 0.15) is 50.6 Å². The number of nitrogens with one attached hydrogen (secondary N) is 1. The number of carbonyl (C=O) groups excluding carboxylic acids is 3. The first-order valence-electron chi connectivity index (χ1n) is 12.4. The molecule has 0 fully saturated rings. The van der Waals surface area contributed by atoms with E-state index in [4.69, 9.17) is 18.9 Å². The van der Waals surface area contributed by atoms with E-state index in [1.165, 1.54) is 29.9 Å². The Hall–Kier alpha value is -3.89. The van der Waals surface area contributed by atoms with Gasteiger partial charge in [-0.1, -0.05) is 30.3 Å². The standard InChI is InChI=1S/C28H28N2O7S/c1-3-34-28(33)24-20-11-12-30(14-18-7-5-4-6-8-18)15-23(20)38-26(24)29-25(31)17(2)37-27(32)19-9-10-21-22(13-19)36-16-35-21/h4-10,13,17H,3,11-12,14-16H2,1-2H3,(H,29,31)/t17-/m1/s1. The third-order valence-corrected chi connectivity index (χ3v) is 7.49. The van der Waals surface area contributed by atoms with Crippen LogP contribution in [0.5, 0.6) is 11.5 Å². The maximum atomic E-state index is 13.0. The molecule has 0 spiro atoms. The second kappa shape index (κ2) is 11.2. The Kier molecular flexibility index (Phi) is 7.62. The van der Waals surface area contributed by atoms with Gasteiger partial charge < -0.3 is 24.3 Å². The summed E-state index contributed by atoms with van der Waals surface area (Å²) < 4.78 is 21.3. The normalized spacial score (nSPS) is 14.9. The fourth-order valence-corrected chi connectivity index (χ4v) is 5.74. The average molecular weight is 537 g/mol. The monoisotopic (exact) mass is 536 g/mol. The Morgan fingerprint density at radius 3 is 2.66 bits per heavy atom. The van der Waals surface area contributed by atoms with Gasteiger partial charge in [0, 0.05) is 24.5 Å². The summed E-state index contributed by atoms with van der Waals surface area (Å²) >= 11 is 1.36. The first kappa shape index (κ1) is 25.7. The summed E-state index contributed by atoms with van der Waals surface area (Å²) in [5.74, 6) is -0.686. The lowest BCUT2D eigenvalue weighted by Crippen LogP contribution is -2.31. The van der Waals surface area contributed by atoms with Crippen LogP contribution in [0.3, 0.4) is 0 Å². The predicted molar refractivity (Wildman–Crippen MR) is 141 cm³/mol. The molecule has 3 heterocycles. The van der Waals surface area contributed by atoms with Crippen LogP contribution < -0.4 is 14.8 Å². The quantitative estimate of drug-likeness (QED) is 0.423. The van der Waals surface area contributed by atoms with Gasteiger partial charge in [-0.15, -0.1) is 11.3 Å². The molecular weight excluding hydrogens is 508 g/mol. The largest absolute Gasteiger partial charge is 0.462 e. The van der Waals surface area contributed by atoms with Gasteiger partial charge in [0.1, 0.15) is 5.00 Å². The van der Waals surface area contributed by atoms with Gasteiger partial charge in [-0.3, -0.25) is 9.69 Å². The van der Waals surface area contributed by atoms with E-state index < -0.39 is 23.9 Å². The minimum Gasteiger partial charge on any atom is -0.462 e. The first-order chi connectivity index (χ1) is 18.4.